The number of nitrogens with one attached hydrogen (secondary N) is 1. The Labute approximate surface area is 102 Å². The van der Waals surface area contributed by atoms with Crippen LogP contribution in [0.5, 0.6) is 0 Å². The van der Waals surface area contributed by atoms with Crippen molar-refractivity contribution in [2.75, 3.05) is 11.9 Å². The molecule has 1 fully saturated rings. The number of aromatic carboxylic acids is 1. The van der Waals surface area contributed by atoms with Gasteiger partial charge in [-0.25, -0.2) is 4.79 Å². The van der Waals surface area contributed by atoms with Crippen molar-refractivity contribution in [1.82, 2.24) is 0 Å². The first kappa shape index (κ1) is 12.0. The fourth-order valence-corrected chi connectivity index (χ4v) is 2.25. The largest absolute Gasteiger partial charge is 0.478 e. The molecule has 0 saturated heterocycles. The van der Waals surface area contributed by atoms with E-state index in [1.165, 1.54) is 19.3 Å². The summed E-state index contributed by atoms with van der Waals surface area (Å²) in [5.41, 5.74) is 2.42. The first-order valence-electron chi connectivity index (χ1n) is 6.08. The Morgan fingerprint density at radius 2 is 2.18 bits per heavy atom. The highest BCUT2D eigenvalue weighted by atomic mass is 16.4. The summed E-state index contributed by atoms with van der Waals surface area (Å²) in [6.45, 7) is 5.01. The van der Waals surface area contributed by atoms with Gasteiger partial charge in [-0.05, 0) is 37.3 Å². The molecule has 0 atom stereocenters. The second-order valence-corrected chi connectivity index (χ2v) is 5.37. The Bertz CT molecular complexity index is 436. The Morgan fingerprint density at radius 3 is 2.71 bits per heavy atom. The molecule has 1 aliphatic carbocycles. The Morgan fingerprint density at radius 1 is 1.47 bits per heavy atom. The SMILES string of the molecule is Cc1ccc(NCC2(C)CCC2)c(C(=O)O)c1. The van der Waals surface area contributed by atoms with Gasteiger partial charge in [0.2, 0.25) is 0 Å². The number of carboxylic acid groups (broad SMARTS) is 1. The third-order valence-electron chi connectivity index (χ3n) is 3.67. The van der Waals surface area contributed by atoms with Crippen LogP contribution in [0.4, 0.5) is 5.69 Å². The van der Waals surface area contributed by atoms with Gasteiger partial charge in [0.25, 0.3) is 0 Å². The molecule has 0 heterocycles. The minimum atomic E-state index is -0.866. The van der Waals surface area contributed by atoms with E-state index in [1.807, 2.05) is 19.1 Å². The van der Waals surface area contributed by atoms with Gasteiger partial charge in [0.05, 0.1) is 5.56 Å². The molecule has 0 radical (unpaired) electrons. The van der Waals surface area contributed by atoms with Crippen LogP contribution in [0.25, 0.3) is 0 Å². The second kappa shape index (κ2) is 4.40. The molecule has 1 aliphatic rings. The average Bonchev–Trinajstić information content (AvgIpc) is 2.24. The maximum Gasteiger partial charge on any atom is 0.337 e. The normalized spacial score (nSPS) is 17.3. The molecule has 0 amide bonds. The van der Waals surface area contributed by atoms with E-state index in [9.17, 15) is 4.79 Å². The van der Waals surface area contributed by atoms with Crippen LogP contribution in [0.3, 0.4) is 0 Å². The smallest absolute Gasteiger partial charge is 0.337 e. The summed E-state index contributed by atoms with van der Waals surface area (Å²) in [4.78, 5) is 11.1. The monoisotopic (exact) mass is 233 g/mol. The lowest BCUT2D eigenvalue weighted by molar-refractivity contribution is 0.0697. The first-order chi connectivity index (χ1) is 8.00. The minimum Gasteiger partial charge on any atom is -0.478 e. The minimum absolute atomic E-state index is 0.348. The van der Waals surface area contributed by atoms with Crippen molar-refractivity contribution < 1.29 is 9.90 Å². The van der Waals surface area contributed by atoms with Crippen LogP contribution in [0.1, 0.15) is 42.1 Å². The maximum atomic E-state index is 11.1. The van der Waals surface area contributed by atoms with Gasteiger partial charge in [0.1, 0.15) is 0 Å². The van der Waals surface area contributed by atoms with Gasteiger partial charge in [0, 0.05) is 12.2 Å². The zero-order valence-corrected chi connectivity index (χ0v) is 10.4. The van der Waals surface area contributed by atoms with Crippen LogP contribution >= 0.6 is 0 Å². The second-order valence-electron chi connectivity index (χ2n) is 5.37. The summed E-state index contributed by atoms with van der Waals surface area (Å²) in [5.74, 6) is -0.866. The number of rotatable bonds is 4. The van der Waals surface area contributed by atoms with Crippen molar-refractivity contribution >= 4 is 11.7 Å². The van der Waals surface area contributed by atoms with Gasteiger partial charge in [-0.15, -0.1) is 0 Å². The van der Waals surface area contributed by atoms with Crippen molar-refractivity contribution in [1.29, 1.82) is 0 Å². The summed E-state index contributed by atoms with van der Waals surface area (Å²) < 4.78 is 0. The number of carbonyl (C=O) groups is 1. The predicted molar refractivity (Wildman–Crippen MR) is 68.6 cm³/mol. The number of benzene rings is 1. The zero-order chi connectivity index (χ0) is 12.5. The van der Waals surface area contributed by atoms with Gasteiger partial charge < -0.3 is 10.4 Å². The summed E-state index contributed by atoms with van der Waals surface area (Å²) in [6.07, 6.45) is 3.75. The lowest BCUT2D eigenvalue weighted by atomic mass is 9.70. The molecule has 0 bridgehead atoms. The van der Waals surface area contributed by atoms with E-state index >= 15 is 0 Å². The van der Waals surface area contributed by atoms with Crippen LogP contribution in [-0.4, -0.2) is 17.6 Å². The number of aryl methyl sites for hydroxylation is 1. The molecule has 1 aromatic rings. The standard InChI is InChI=1S/C14H19NO2/c1-10-4-5-12(11(8-10)13(16)17)15-9-14(2)6-3-7-14/h4-5,8,15H,3,6-7,9H2,1-2H3,(H,16,17). The van der Waals surface area contributed by atoms with Gasteiger partial charge in [0.15, 0.2) is 0 Å². The third kappa shape index (κ3) is 2.60. The molecule has 0 aromatic heterocycles. The molecule has 92 valence electrons. The van der Waals surface area contributed by atoms with Crippen molar-refractivity contribution in [3.05, 3.63) is 29.3 Å². The van der Waals surface area contributed by atoms with Gasteiger partial charge in [-0.2, -0.15) is 0 Å². The molecular formula is C14H19NO2. The van der Waals surface area contributed by atoms with Crippen molar-refractivity contribution in [3.8, 4) is 0 Å². The fourth-order valence-electron chi connectivity index (χ4n) is 2.25. The molecule has 2 rings (SSSR count). The highest BCUT2D eigenvalue weighted by Crippen LogP contribution is 2.40. The van der Waals surface area contributed by atoms with E-state index in [0.717, 1.165) is 17.8 Å². The highest BCUT2D eigenvalue weighted by Gasteiger charge is 2.31. The summed E-state index contributed by atoms with van der Waals surface area (Å²) in [5, 5.41) is 12.4. The molecule has 2 N–H and O–H groups in total. The van der Waals surface area contributed by atoms with Crippen molar-refractivity contribution in [2.24, 2.45) is 5.41 Å². The molecular weight excluding hydrogens is 214 g/mol. The maximum absolute atomic E-state index is 11.1. The van der Waals surface area contributed by atoms with E-state index < -0.39 is 5.97 Å². The summed E-state index contributed by atoms with van der Waals surface area (Å²) >= 11 is 0. The molecule has 1 saturated carbocycles. The predicted octanol–water partition coefficient (Wildman–Crippen LogP) is 3.30. The Balaban J connectivity index is 2.12. The fraction of sp³-hybridized carbons (Fsp3) is 0.500. The molecule has 1 aromatic carbocycles. The molecule has 3 nitrogen and oxygen atoms in total. The quantitative estimate of drug-likeness (QED) is 0.839. The lowest BCUT2D eigenvalue weighted by Crippen LogP contribution is -2.33. The first-order valence-corrected chi connectivity index (χ1v) is 6.08. The molecule has 0 unspecified atom stereocenters. The number of anilines is 1. The van der Waals surface area contributed by atoms with Crippen LogP contribution in [0, 0.1) is 12.3 Å². The average molecular weight is 233 g/mol. The van der Waals surface area contributed by atoms with Gasteiger partial charge >= 0.3 is 5.97 Å². The Hall–Kier alpha value is -1.51. The number of carboxylic acids is 1. The van der Waals surface area contributed by atoms with Gasteiger partial charge in [-0.1, -0.05) is 25.0 Å². The number of hydrogen-bond donors (Lipinski definition) is 2. The Kier molecular flexibility index (Phi) is 3.09. The van der Waals surface area contributed by atoms with E-state index in [1.54, 1.807) is 6.07 Å². The van der Waals surface area contributed by atoms with Gasteiger partial charge in [-0.3, -0.25) is 0 Å². The molecule has 0 aliphatic heterocycles. The number of hydrogen-bond acceptors (Lipinski definition) is 2. The summed E-state index contributed by atoms with van der Waals surface area (Å²) in [6, 6.07) is 5.52. The van der Waals surface area contributed by atoms with E-state index in [-0.39, 0.29) is 0 Å². The van der Waals surface area contributed by atoms with Crippen LogP contribution in [-0.2, 0) is 0 Å². The van der Waals surface area contributed by atoms with E-state index in [4.69, 9.17) is 5.11 Å². The van der Waals surface area contributed by atoms with Crippen LogP contribution in [0.2, 0.25) is 0 Å². The molecule has 3 heteroatoms. The third-order valence-corrected chi connectivity index (χ3v) is 3.67. The highest BCUT2D eigenvalue weighted by molar-refractivity contribution is 5.94. The van der Waals surface area contributed by atoms with Crippen LogP contribution in [0.15, 0.2) is 18.2 Å². The van der Waals surface area contributed by atoms with E-state index in [0.29, 0.717) is 11.0 Å². The van der Waals surface area contributed by atoms with E-state index in [2.05, 4.69) is 12.2 Å². The van der Waals surface area contributed by atoms with Crippen molar-refractivity contribution in [3.63, 3.8) is 0 Å². The lowest BCUT2D eigenvalue weighted by Gasteiger charge is -2.38. The summed E-state index contributed by atoms with van der Waals surface area (Å²) in [7, 11) is 0. The topological polar surface area (TPSA) is 49.3 Å². The van der Waals surface area contributed by atoms with Crippen molar-refractivity contribution in [2.45, 2.75) is 33.1 Å². The molecule has 0 spiro atoms. The van der Waals surface area contributed by atoms with Crippen LogP contribution < -0.4 is 5.32 Å². The molecule has 17 heavy (non-hydrogen) atoms. The zero-order valence-electron chi connectivity index (χ0n) is 10.4.